The van der Waals surface area contributed by atoms with E-state index < -0.39 is 29.7 Å². The van der Waals surface area contributed by atoms with Gasteiger partial charge in [0, 0.05) is 0 Å². The van der Waals surface area contributed by atoms with Crippen molar-refractivity contribution >= 4 is 17.8 Å². The van der Waals surface area contributed by atoms with Gasteiger partial charge in [-0.1, -0.05) is 12.2 Å². The molecule has 3 rings (SSSR count). The molecule has 0 spiro atoms. The molecule has 0 aromatic heterocycles. The molecule has 2 N–H and O–H groups in total. The number of hydrogen-bond acceptors (Lipinski definition) is 4. The molecule has 3 aliphatic rings. The van der Waals surface area contributed by atoms with E-state index in [1.165, 1.54) is 0 Å². The monoisotopic (exact) mass is 208 g/mol. The Balaban J connectivity index is 2.03. The Hall–Kier alpha value is -1.69. The van der Waals surface area contributed by atoms with E-state index in [-0.39, 0.29) is 12.2 Å². The van der Waals surface area contributed by atoms with Crippen molar-refractivity contribution in [2.45, 2.75) is 12.2 Å². The van der Waals surface area contributed by atoms with Crippen LogP contribution < -0.4 is 5.73 Å². The quantitative estimate of drug-likeness (QED) is 0.408. The van der Waals surface area contributed by atoms with Crippen molar-refractivity contribution < 1.29 is 19.1 Å². The Bertz CT molecular complexity index is 386. The third kappa shape index (κ3) is 0.847. The second-order valence-corrected chi connectivity index (χ2v) is 3.85. The van der Waals surface area contributed by atoms with Crippen LogP contribution >= 0.6 is 0 Å². The SMILES string of the molecule is NC(=O)N1C(=O)[C@H]2[C@H](C1=O)[C@H]1C=C[C@@H]2O1. The lowest BCUT2D eigenvalue weighted by Crippen LogP contribution is -2.42. The van der Waals surface area contributed by atoms with Gasteiger partial charge in [-0.25, -0.2) is 4.79 Å². The van der Waals surface area contributed by atoms with Crippen LogP contribution in [-0.4, -0.2) is 35.0 Å². The second-order valence-electron chi connectivity index (χ2n) is 3.85. The van der Waals surface area contributed by atoms with Gasteiger partial charge in [0.1, 0.15) is 0 Å². The average molecular weight is 208 g/mol. The van der Waals surface area contributed by atoms with Gasteiger partial charge in [0.05, 0.1) is 24.0 Å². The summed E-state index contributed by atoms with van der Waals surface area (Å²) in [5, 5.41) is 0. The first-order valence-electron chi connectivity index (χ1n) is 4.62. The predicted molar refractivity (Wildman–Crippen MR) is 46.2 cm³/mol. The molecule has 4 atom stereocenters. The van der Waals surface area contributed by atoms with Gasteiger partial charge in [-0.15, -0.1) is 0 Å². The van der Waals surface area contributed by atoms with Crippen molar-refractivity contribution in [1.82, 2.24) is 4.90 Å². The number of fused-ring (bicyclic) bond motifs is 5. The van der Waals surface area contributed by atoms with Crippen LogP contribution in [0.3, 0.4) is 0 Å². The third-order valence-electron chi connectivity index (χ3n) is 3.13. The molecular weight excluding hydrogens is 200 g/mol. The number of amides is 4. The van der Waals surface area contributed by atoms with E-state index in [9.17, 15) is 14.4 Å². The first-order valence-corrected chi connectivity index (χ1v) is 4.62. The second kappa shape index (κ2) is 2.46. The molecule has 0 aliphatic carbocycles. The number of primary amides is 1. The lowest BCUT2D eigenvalue weighted by atomic mass is 9.85. The fraction of sp³-hybridized carbons (Fsp3) is 0.444. The van der Waals surface area contributed by atoms with E-state index in [0.717, 1.165) is 0 Å². The van der Waals surface area contributed by atoms with E-state index in [4.69, 9.17) is 10.5 Å². The van der Waals surface area contributed by atoms with E-state index in [1.54, 1.807) is 12.2 Å². The number of likely N-dealkylation sites (tertiary alicyclic amines) is 1. The molecular formula is C9H8N2O4. The summed E-state index contributed by atoms with van der Waals surface area (Å²) in [7, 11) is 0. The maximum Gasteiger partial charge on any atom is 0.328 e. The van der Waals surface area contributed by atoms with Crippen molar-refractivity contribution in [3.63, 3.8) is 0 Å². The maximum atomic E-state index is 11.7. The highest BCUT2D eigenvalue weighted by Gasteiger charge is 2.61. The van der Waals surface area contributed by atoms with Gasteiger partial charge in [-0.05, 0) is 0 Å². The number of hydrogen-bond donors (Lipinski definition) is 1. The highest BCUT2D eigenvalue weighted by molar-refractivity contribution is 6.17. The van der Waals surface area contributed by atoms with Crippen LogP contribution in [0.5, 0.6) is 0 Å². The average Bonchev–Trinajstić information content (AvgIpc) is 2.79. The van der Waals surface area contributed by atoms with Gasteiger partial charge in [0.15, 0.2) is 0 Å². The number of carbonyl (C=O) groups excluding carboxylic acids is 3. The molecule has 0 aromatic rings. The largest absolute Gasteiger partial charge is 0.365 e. The fourth-order valence-corrected chi connectivity index (χ4v) is 2.52. The summed E-state index contributed by atoms with van der Waals surface area (Å²) in [6.45, 7) is 0. The Kier molecular flexibility index (Phi) is 1.41. The number of nitrogens with two attached hydrogens (primary N) is 1. The zero-order chi connectivity index (χ0) is 10.7. The lowest BCUT2D eigenvalue weighted by molar-refractivity contribution is -0.138. The van der Waals surface area contributed by atoms with Crippen LogP contribution in [-0.2, 0) is 14.3 Å². The molecule has 0 aromatic carbocycles. The summed E-state index contributed by atoms with van der Waals surface area (Å²) in [5.74, 6) is -2.18. The zero-order valence-corrected chi connectivity index (χ0v) is 7.62. The zero-order valence-electron chi connectivity index (χ0n) is 7.62. The Labute approximate surface area is 84.6 Å². The molecule has 0 radical (unpaired) electrons. The van der Waals surface area contributed by atoms with Crippen molar-refractivity contribution in [2.24, 2.45) is 17.6 Å². The molecule has 4 amide bonds. The Morgan fingerprint density at radius 1 is 1.20 bits per heavy atom. The highest BCUT2D eigenvalue weighted by Crippen LogP contribution is 2.44. The smallest absolute Gasteiger partial charge is 0.328 e. The minimum Gasteiger partial charge on any atom is -0.365 e. The molecule has 78 valence electrons. The van der Waals surface area contributed by atoms with Gasteiger partial charge in [-0.3, -0.25) is 9.59 Å². The Morgan fingerprint density at radius 2 is 1.67 bits per heavy atom. The number of imide groups is 3. The van der Waals surface area contributed by atoms with Crippen LogP contribution in [0.25, 0.3) is 0 Å². The van der Waals surface area contributed by atoms with E-state index in [0.29, 0.717) is 4.90 Å². The van der Waals surface area contributed by atoms with Crippen LogP contribution in [0.15, 0.2) is 12.2 Å². The highest BCUT2D eigenvalue weighted by atomic mass is 16.5. The van der Waals surface area contributed by atoms with Crippen LogP contribution in [0.2, 0.25) is 0 Å². The summed E-state index contributed by atoms with van der Waals surface area (Å²) < 4.78 is 5.38. The molecule has 15 heavy (non-hydrogen) atoms. The molecule has 2 fully saturated rings. The summed E-state index contributed by atoms with van der Waals surface area (Å²) in [5.41, 5.74) is 4.98. The molecule has 0 unspecified atom stereocenters. The topological polar surface area (TPSA) is 89.7 Å². The van der Waals surface area contributed by atoms with Crippen molar-refractivity contribution in [1.29, 1.82) is 0 Å². The minimum atomic E-state index is -1.00. The van der Waals surface area contributed by atoms with Crippen molar-refractivity contribution in [3.8, 4) is 0 Å². The van der Waals surface area contributed by atoms with Crippen LogP contribution in [0.1, 0.15) is 0 Å². The van der Waals surface area contributed by atoms with E-state index >= 15 is 0 Å². The van der Waals surface area contributed by atoms with Gasteiger partial charge >= 0.3 is 6.03 Å². The standard InChI is InChI=1S/C9H8N2O4/c10-9(14)11-7(12)5-3-1-2-4(15-3)6(5)8(11)13/h1-6H,(H2,10,14)/t3-,4+,5-,6-/m1/s1. The number of urea groups is 1. The van der Waals surface area contributed by atoms with Gasteiger partial charge < -0.3 is 10.5 Å². The Morgan fingerprint density at radius 3 is 2.07 bits per heavy atom. The molecule has 2 bridgehead atoms. The van der Waals surface area contributed by atoms with E-state index in [2.05, 4.69) is 0 Å². The minimum absolute atomic E-state index is 0.374. The van der Waals surface area contributed by atoms with Gasteiger partial charge in [-0.2, -0.15) is 4.90 Å². The first kappa shape index (κ1) is 8.60. The number of carbonyl (C=O) groups is 3. The summed E-state index contributed by atoms with van der Waals surface area (Å²) in [6.07, 6.45) is 2.75. The van der Waals surface area contributed by atoms with Crippen molar-refractivity contribution in [2.75, 3.05) is 0 Å². The lowest BCUT2D eigenvalue weighted by Gasteiger charge is -2.12. The molecule has 3 heterocycles. The number of rotatable bonds is 0. The van der Waals surface area contributed by atoms with Crippen LogP contribution in [0, 0.1) is 11.8 Å². The predicted octanol–water partition coefficient (Wildman–Crippen LogP) is -0.996. The number of ether oxygens (including phenoxy) is 1. The fourth-order valence-electron chi connectivity index (χ4n) is 2.52. The number of nitrogens with zero attached hydrogens (tertiary/aromatic N) is 1. The molecule has 0 saturated carbocycles. The van der Waals surface area contributed by atoms with Crippen LogP contribution in [0.4, 0.5) is 4.79 Å². The van der Waals surface area contributed by atoms with Gasteiger partial charge in [0.25, 0.3) is 0 Å². The summed E-state index contributed by atoms with van der Waals surface area (Å²) >= 11 is 0. The van der Waals surface area contributed by atoms with Crippen molar-refractivity contribution in [3.05, 3.63) is 12.2 Å². The van der Waals surface area contributed by atoms with Gasteiger partial charge in [0.2, 0.25) is 11.8 Å². The first-order chi connectivity index (χ1) is 7.11. The molecule has 6 nitrogen and oxygen atoms in total. The molecule has 2 saturated heterocycles. The maximum absolute atomic E-state index is 11.7. The summed E-state index contributed by atoms with van der Waals surface area (Å²) in [4.78, 5) is 34.9. The normalized spacial score (nSPS) is 41.5. The summed E-state index contributed by atoms with van der Waals surface area (Å²) in [6, 6.07) is -1.00. The van der Waals surface area contributed by atoms with E-state index in [1.807, 2.05) is 0 Å². The third-order valence-corrected chi connectivity index (χ3v) is 3.13. The molecule has 3 aliphatic heterocycles. The molecule has 6 heteroatoms.